The third-order valence-corrected chi connectivity index (χ3v) is 17.0. The normalized spacial score (nSPS) is 11.9. The maximum Gasteiger partial charge on any atom is 0.104 e. The Morgan fingerprint density at radius 3 is 1.06 bits per heavy atom. The zero-order valence-electron chi connectivity index (χ0n) is 45.8. The van der Waals surface area contributed by atoms with Gasteiger partial charge in [0, 0.05) is 65.3 Å². The fraction of sp³-hybridized carbons (Fsp3) is 0.0526. The maximum absolute atomic E-state index is 13.1. The van der Waals surface area contributed by atoms with Gasteiger partial charge in [0.05, 0.1) is 78.3 Å². The zero-order chi connectivity index (χ0) is 54.9. The lowest BCUT2D eigenvalue weighted by Gasteiger charge is -2.30. The number of aryl methyl sites for hydroxylation is 4. The number of hydrogen-bond acceptors (Lipinski definition) is 2. The van der Waals surface area contributed by atoms with Crippen LogP contribution in [0.2, 0.25) is 0 Å². The molecule has 16 aromatic rings. The molecule has 16 rings (SSSR count). The summed E-state index contributed by atoms with van der Waals surface area (Å²) < 4.78 is 9.82. The van der Waals surface area contributed by atoms with Crippen molar-refractivity contribution in [2.75, 3.05) is 0 Å². The van der Waals surface area contributed by atoms with Gasteiger partial charge in [-0.3, -0.25) is 0 Å². The van der Waals surface area contributed by atoms with Crippen molar-refractivity contribution in [3.05, 3.63) is 270 Å². The predicted octanol–water partition coefficient (Wildman–Crippen LogP) is 19.6. The van der Waals surface area contributed by atoms with Crippen LogP contribution >= 0.6 is 0 Å². The Morgan fingerprint density at radius 1 is 0.305 bits per heavy atom. The van der Waals surface area contributed by atoms with E-state index in [-0.39, 0.29) is 0 Å². The van der Waals surface area contributed by atoms with Crippen molar-refractivity contribution in [2.24, 2.45) is 0 Å². The Labute approximate surface area is 473 Å². The Kier molecular flexibility index (Phi) is 10.5. The van der Waals surface area contributed by atoms with E-state index in [1.807, 2.05) is 0 Å². The smallest absolute Gasteiger partial charge is 0.104 e. The first kappa shape index (κ1) is 47.3. The van der Waals surface area contributed by atoms with E-state index in [0.29, 0.717) is 5.56 Å². The fourth-order valence-electron chi connectivity index (χ4n) is 13.5. The van der Waals surface area contributed by atoms with E-state index >= 15 is 0 Å². The van der Waals surface area contributed by atoms with E-state index < -0.39 is 0 Å². The molecule has 6 nitrogen and oxygen atoms in total. The van der Waals surface area contributed by atoms with Crippen molar-refractivity contribution in [3.63, 3.8) is 0 Å². The molecule has 386 valence electrons. The van der Waals surface area contributed by atoms with Crippen LogP contribution in [0.3, 0.4) is 0 Å². The minimum Gasteiger partial charge on any atom is -0.307 e. The van der Waals surface area contributed by atoms with Gasteiger partial charge in [-0.05, 0) is 113 Å². The first-order chi connectivity index (χ1) is 40.3. The van der Waals surface area contributed by atoms with Gasteiger partial charge in [0.1, 0.15) is 11.6 Å². The molecule has 0 aliphatic carbocycles. The van der Waals surface area contributed by atoms with Gasteiger partial charge >= 0.3 is 0 Å². The summed E-state index contributed by atoms with van der Waals surface area (Å²) in [6, 6.07) is 90.9. The van der Waals surface area contributed by atoms with Crippen LogP contribution in [0.25, 0.3) is 144 Å². The molecule has 5 aromatic heterocycles. The van der Waals surface area contributed by atoms with Crippen LogP contribution in [-0.2, 0) is 0 Å². The predicted molar refractivity (Wildman–Crippen MR) is 342 cm³/mol. The van der Waals surface area contributed by atoms with Crippen molar-refractivity contribution in [2.45, 2.75) is 27.7 Å². The number of benzene rings is 11. The van der Waals surface area contributed by atoms with Gasteiger partial charge < -0.3 is 18.3 Å². The van der Waals surface area contributed by atoms with Crippen LogP contribution in [0.1, 0.15) is 27.8 Å². The van der Waals surface area contributed by atoms with E-state index in [9.17, 15) is 5.26 Å². The fourth-order valence-corrected chi connectivity index (χ4v) is 13.5. The van der Waals surface area contributed by atoms with Crippen LogP contribution in [0.5, 0.6) is 0 Å². The molecule has 0 atom stereocenters. The average molecular weight is 1050 g/mol. The third kappa shape index (κ3) is 6.90. The van der Waals surface area contributed by atoms with Crippen molar-refractivity contribution in [1.29, 1.82) is 5.26 Å². The van der Waals surface area contributed by atoms with E-state index in [1.54, 1.807) is 0 Å². The molecule has 0 amide bonds. The highest BCUT2D eigenvalue weighted by molar-refractivity contribution is 6.18. The molecule has 0 bridgehead atoms. The van der Waals surface area contributed by atoms with Gasteiger partial charge in [0.25, 0.3) is 0 Å². The Morgan fingerprint density at radius 2 is 0.646 bits per heavy atom. The van der Waals surface area contributed by atoms with Crippen LogP contribution in [0.15, 0.2) is 243 Å². The third-order valence-electron chi connectivity index (χ3n) is 17.0. The molecule has 0 fully saturated rings. The number of fused-ring (bicyclic) bond motifs is 12. The molecule has 0 saturated heterocycles. The topological polar surface area (TPSA) is 56.4 Å². The van der Waals surface area contributed by atoms with Crippen LogP contribution in [0, 0.1) is 39.0 Å². The summed E-state index contributed by atoms with van der Waals surface area (Å²) in [5.41, 5.74) is 21.9. The van der Waals surface area contributed by atoms with Gasteiger partial charge in [-0.2, -0.15) is 5.26 Å². The molecule has 6 heteroatoms. The lowest BCUT2D eigenvalue weighted by atomic mass is 9.90. The number of nitriles is 1. The monoisotopic (exact) mass is 1050 g/mol. The Balaban J connectivity index is 1.28. The highest BCUT2D eigenvalue weighted by Gasteiger charge is 2.36. The van der Waals surface area contributed by atoms with Crippen molar-refractivity contribution in [1.82, 2.24) is 23.3 Å². The number of para-hydroxylation sites is 4. The van der Waals surface area contributed by atoms with Gasteiger partial charge in [0.15, 0.2) is 0 Å². The van der Waals surface area contributed by atoms with Crippen LogP contribution in [0.4, 0.5) is 0 Å². The first-order valence-electron chi connectivity index (χ1n) is 28.1. The molecule has 11 aromatic carbocycles. The molecular weight excluding hydrogens is 997 g/mol. The molecule has 0 saturated carbocycles. The van der Waals surface area contributed by atoms with E-state index in [2.05, 4.69) is 295 Å². The molecular formula is C76H52N6. The average Bonchev–Trinajstić information content (AvgIpc) is 1.85. The number of pyridine rings is 1. The van der Waals surface area contributed by atoms with Crippen LogP contribution in [-0.4, -0.2) is 23.3 Å². The minimum absolute atomic E-state index is 0.515. The highest BCUT2D eigenvalue weighted by atomic mass is 15.1. The quantitative estimate of drug-likeness (QED) is 0.160. The maximum atomic E-state index is 13.1. The molecule has 0 aliphatic rings. The Bertz CT molecular complexity index is 5390. The van der Waals surface area contributed by atoms with E-state index in [1.165, 1.54) is 11.1 Å². The molecule has 0 aliphatic heterocycles. The lowest BCUT2D eigenvalue weighted by molar-refractivity contribution is 1.03. The summed E-state index contributed by atoms with van der Waals surface area (Å²) in [6.45, 7) is 8.68. The number of hydrogen-bond donors (Lipinski definition) is 0. The second-order valence-electron chi connectivity index (χ2n) is 22.1. The first-order valence-corrected chi connectivity index (χ1v) is 28.1. The second-order valence-corrected chi connectivity index (χ2v) is 22.1. The molecule has 0 N–H and O–H groups in total. The molecule has 0 unspecified atom stereocenters. The zero-order valence-corrected chi connectivity index (χ0v) is 45.8. The van der Waals surface area contributed by atoms with E-state index in [0.717, 1.165) is 155 Å². The van der Waals surface area contributed by atoms with Gasteiger partial charge in [-0.1, -0.05) is 180 Å². The SMILES string of the molecule is Cc1ccc2c(c1)c1ccccc1n2-c1c(C#N)c(-n2c3ccccc3c3cc(C)ccc32)c(-n2c3ccccc3c3cc(C)ccc32)c(-n2c3ccccc3c3cc(C)ccc32)c1-c1ccc(-c2ccccc2)nc1-c1ccccc1. The minimum atomic E-state index is 0.515. The molecule has 5 heterocycles. The standard InChI is InChI=1S/C76H52N6/c1-46-31-37-67-57(41-46)52-23-11-15-27-63(52)79(67)73-61(45-77)74(80-64-28-16-12-24-53(64)58-42-47(2)32-38-68(58)80)76(82-66-30-18-14-26-55(66)60-44-49(4)34-40-70(60)82)75(81-65-29-17-13-25-54(65)59-43-48(3)33-39-69(59)81)71(73)56-35-36-62(50-19-7-5-8-20-50)78-72(56)51-21-9-6-10-22-51/h5-44H,1-4H3. The number of rotatable bonds is 7. The summed E-state index contributed by atoms with van der Waals surface area (Å²) >= 11 is 0. The van der Waals surface area contributed by atoms with E-state index in [4.69, 9.17) is 4.98 Å². The number of nitrogens with zero attached hydrogens (tertiary/aromatic N) is 6. The molecule has 82 heavy (non-hydrogen) atoms. The largest absolute Gasteiger partial charge is 0.307 e. The van der Waals surface area contributed by atoms with Crippen LogP contribution < -0.4 is 0 Å². The van der Waals surface area contributed by atoms with Crippen molar-refractivity contribution >= 4 is 87.2 Å². The summed E-state index contributed by atoms with van der Waals surface area (Å²) in [6.07, 6.45) is 0. The summed E-state index contributed by atoms with van der Waals surface area (Å²) in [7, 11) is 0. The summed E-state index contributed by atoms with van der Waals surface area (Å²) in [5, 5.41) is 22.0. The van der Waals surface area contributed by atoms with Crippen molar-refractivity contribution in [3.8, 4) is 62.5 Å². The second kappa shape index (κ2) is 18.2. The lowest BCUT2D eigenvalue weighted by Crippen LogP contribution is -2.17. The van der Waals surface area contributed by atoms with Gasteiger partial charge in [-0.15, -0.1) is 0 Å². The molecule has 0 spiro atoms. The number of aromatic nitrogens is 5. The molecule has 0 radical (unpaired) electrons. The van der Waals surface area contributed by atoms with Gasteiger partial charge in [-0.25, -0.2) is 4.98 Å². The summed E-state index contributed by atoms with van der Waals surface area (Å²) in [5.74, 6) is 0. The summed E-state index contributed by atoms with van der Waals surface area (Å²) in [4.78, 5) is 5.81. The van der Waals surface area contributed by atoms with Gasteiger partial charge in [0.2, 0.25) is 0 Å². The Hall–Kier alpha value is -10.7. The van der Waals surface area contributed by atoms with Crippen molar-refractivity contribution < 1.29 is 0 Å². The highest BCUT2D eigenvalue weighted by Crippen LogP contribution is 2.53.